The fourth-order valence-electron chi connectivity index (χ4n) is 2.62. The van der Waals surface area contributed by atoms with E-state index in [1.54, 1.807) is 0 Å². The smallest absolute Gasteiger partial charge is 0.115 e. The largest absolute Gasteiger partial charge is 0.494 e. The Morgan fingerprint density at radius 1 is 1.33 bits per heavy atom. The lowest BCUT2D eigenvalue weighted by atomic mass is 10.1. The molecule has 1 heterocycles. The van der Waals surface area contributed by atoms with Crippen LogP contribution in [0.2, 0.25) is 0 Å². The van der Waals surface area contributed by atoms with E-state index in [9.17, 15) is 0 Å². The van der Waals surface area contributed by atoms with Gasteiger partial charge in [-0.1, -0.05) is 5.57 Å². The summed E-state index contributed by atoms with van der Waals surface area (Å²) in [4.78, 5) is 4.02. The van der Waals surface area contributed by atoms with E-state index in [0.717, 1.165) is 37.0 Å². The van der Waals surface area contributed by atoms with Gasteiger partial charge in [0.2, 0.25) is 0 Å². The highest BCUT2D eigenvalue weighted by Gasteiger charge is 2.39. The summed E-state index contributed by atoms with van der Waals surface area (Å²) in [6, 6.07) is 4.14. The standard InChI is InChI=1S/C16H19NO/c1-12-9-15(10-14-11-16(12)14)18-8-2-3-13-4-6-17-7-5-13/h4-7,9-10,14,16H,2-3,8,11H2,1H3. The van der Waals surface area contributed by atoms with E-state index < -0.39 is 0 Å². The zero-order valence-electron chi connectivity index (χ0n) is 10.8. The summed E-state index contributed by atoms with van der Waals surface area (Å²) in [6.07, 6.45) is 11.6. The molecule has 0 bridgehead atoms. The first-order valence-corrected chi connectivity index (χ1v) is 6.74. The van der Waals surface area contributed by atoms with Gasteiger partial charge in [-0.05, 0) is 67.9 Å². The number of pyridine rings is 1. The van der Waals surface area contributed by atoms with Crippen LogP contribution in [-0.4, -0.2) is 11.6 Å². The number of aryl methyl sites for hydroxylation is 1. The summed E-state index contributed by atoms with van der Waals surface area (Å²) >= 11 is 0. The molecule has 0 aliphatic heterocycles. The predicted octanol–water partition coefficient (Wildman–Crippen LogP) is 3.51. The normalized spacial score (nSPS) is 24.9. The van der Waals surface area contributed by atoms with Crippen LogP contribution in [0.15, 0.2) is 48.0 Å². The Labute approximate surface area is 108 Å². The first-order valence-electron chi connectivity index (χ1n) is 6.74. The molecule has 2 nitrogen and oxygen atoms in total. The van der Waals surface area contributed by atoms with Crippen molar-refractivity contribution in [2.24, 2.45) is 11.8 Å². The Morgan fingerprint density at radius 2 is 2.17 bits per heavy atom. The van der Waals surface area contributed by atoms with Crippen molar-refractivity contribution in [3.8, 4) is 0 Å². The number of aromatic nitrogens is 1. The second-order valence-electron chi connectivity index (χ2n) is 5.27. The molecule has 1 saturated carbocycles. The van der Waals surface area contributed by atoms with Crippen LogP contribution < -0.4 is 0 Å². The Bertz CT molecular complexity index is 475. The number of allylic oxidation sites excluding steroid dienone is 3. The minimum absolute atomic E-state index is 0.769. The van der Waals surface area contributed by atoms with Crippen molar-refractivity contribution < 1.29 is 4.74 Å². The van der Waals surface area contributed by atoms with Crippen molar-refractivity contribution in [1.29, 1.82) is 0 Å². The molecule has 2 heteroatoms. The molecule has 0 spiro atoms. The zero-order chi connectivity index (χ0) is 12.4. The summed E-state index contributed by atoms with van der Waals surface area (Å²) in [7, 11) is 0. The Hall–Kier alpha value is -1.57. The molecule has 2 aliphatic carbocycles. The van der Waals surface area contributed by atoms with E-state index in [1.165, 1.54) is 17.6 Å². The summed E-state index contributed by atoms with van der Waals surface area (Å²) in [5.74, 6) is 2.68. The third-order valence-corrected chi connectivity index (χ3v) is 3.80. The molecule has 2 unspecified atom stereocenters. The Morgan fingerprint density at radius 3 is 2.94 bits per heavy atom. The second kappa shape index (κ2) is 4.97. The molecule has 0 radical (unpaired) electrons. The Balaban J connectivity index is 1.43. The summed E-state index contributed by atoms with van der Waals surface area (Å²) < 4.78 is 5.84. The van der Waals surface area contributed by atoms with E-state index in [0.29, 0.717) is 0 Å². The molecule has 1 fully saturated rings. The quantitative estimate of drug-likeness (QED) is 0.736. The van der Waals surface area contributed by atoms with Crippen molar-refractivity contribution in [3.63, 3.8) is 0 Å². The van der Waals surface area contributed by atoms with Gasteiger partial charge < -0.3 is 4.74 Å². The van der Waals surface area contributed by atoms with Crippen LogP contribution in [0.4, 0.5) is 0 Å². The SMILES string of the molecule is CC1=CC(OCCCc2ccncc2)=CC2CC12. The van der Waals surface area contributed by atoms with Crippen LogP contribution in [-0.2, 0) is 11.2 Å². The molecule has 18 heavy (non-hydrogen) atoms. The van der Waals surface area contributed by atoms with Gasteiger partial charge in [-0.2, -0.15) is 0 Å². The monoisotopic (exact) mass is 241 g/mol. The maximum atomic E-state index is 5.84. The lowest BCUT2D eigenvalue weighted by Crippen LogP contribution is -2.00. The van der Waals surface area contributed by atoms with Gasteiger partial charge in [-0.15, -0.1) is 0 Å². The molecule has 0 aromatic carbocycles. The zero-order valence-corrected chi connectivity index (χ0v) is 10.8. The molecule has 1 aromatic rings. The molecular weight excluding hydrogens is 222 g/mol. The summed E-state index contributed by atoms with van der Waals surface area (Å²) in [5.41, 5.74) is 2.83. The summed E-state index contributed by atoms with van der Waals surface area (Å²) in [5, 5.41) is 0. The fourth-order valence-corrected chi connectivity index (χ4v) is 2.62. The number of hydrogen-bond donors (Lipinski definition) is 0. The third kappa shape index (κ3) is 2.63. The van der Waals surface area contributed by atoms with Crippen LogP contribution in [0.1, 0.15) is 25.3 Å². The minimum atomic E-state index is 0.769. The third-order valence-electron chi connectivity index (χ3n) is 3.80. The number of nitrogens with zero attached hydrogens (tertiary/aromatic N) is 1. The highest BCUT2D eigenvalue weighted by molar-refractivity contribution is 5.32. The van der Waals surface area contributed by atoms with E-state index in [2.05, 4.69) is 36.2 Å². The van der Waals surface area contributed by atoms with Crippen LogP contribution in [0.3, 0.4) is 0 Å². The van der Waals surface area contributed by atoms with Gasteiger partial charge in [0.1, 0.15) is 5.76 Å². The average molecular weight is 241 g/mol. The number of rotatable bonds is 5. The van der Waals surface area contributed by atoms with Crippen LogP contribution in [0, 0.1) is 11.8 Å². The van der Waals surface area contributed by atoms with Crippen LogP contribution >= 0.6 is 0 Å². The van der Waals surface area contributed by atoms with E-state index in [1.807, 2.05) is 12.4 Å². The minimum Gasteiger partial charge on any atom is -0.494 e. The van der Waals surface area contributed by atoms with Crippen molar-refractivity contribution in [2.45, 2.75) is 26.2 Å². The lowest BCUT2D eigenvalue weighted by molar-refractivity contribution is 0.217. The molecular formula is C16H19NO. The van der Waals surface area contributed by atoms with Gasteiger partial charge in [0.05, 0.1) is 6.61 Å². The highest BCUT2D eigenvalue weighted by atomic mass is 16.5. The summed E-state index contributed by atoms with van der Waals surface area (Å²) in [6.45, 7) is 3.02. The topological polar surface area (TPSA) is 22.1 Å². The fraction of sp³-hybridized carbons (Fsp3) is 0.438. The van der Waals surface area contributed by atoms with Crippen molar-refractivity contribution in [3.05, 3.63) is 53.6 Å². The number of fused-ring (bicyclic) bond motifs is 1. The molecule has 0 N–H and O–H groups in total. The second-order valence-corrected chi connectivity index (χ2v) is 5.27. The van der Waals surface area contributed by atoms with Crippen LogP contribution in [0.25, 0.3) is 0 Å². The van der Waals surface area contributed by atoms with Gasteiger partial charge in [0, 0.05) is 12.4 Å². The van der Waals surface area contributed by atoms with Gasteiger partial charge in [-0.25, -0.2) is 0 Å². The van der Waals surface area contributed by atoms with Gasteiger partial charge >= 0.3 is 0 Å². The molecule has 3 rings (SSSR count). The lowest BCUT2D eigenvalue weighted by Gasteiger charge is -2.12. The molecule has 0 amide bonds. The molecule has 2 atom stereocenters. The van der Waals surface area contributed by atoms with Crippen molar-refractivity contribution >= 4 is 0 Å². The number of hydrogen-bond acceptors (Lipinski definition) is 2. The van der Waals surface area contributed by atoms with Crippen molar-refractivity contribution in [2.75, 3.05) is 6.61 Å². The molecule has 1 aromatic heterocycles. The molecule has 2 aliphatic rings. The maximum absolute atomic E-state index is 5.84. The predicted molar refractivity (Wildman–Crippen MR) is 71.9 cm³/mol. The molecule has 94 valence electrons. The van der Waals surface area contributed by atoms with Gasteiger partial charge in [0.25, 0.3) is 0 Å². The van der Waals surface area contributed by atoms with Crippen molar-refractivity contribution in [1.82, 2.24) is 4.98 Å². The van der Waals surface area contributed by atoms with Crippen LogP contribution in [0.5, 0.6) is 0 Å². The molecule has 0 saturated heterocycles. The maximum Gasteiger partial charge on any atom is 0.115 e. The van der Waals surface area contributed by atoms with Gasteiger partial charge in [-0.3, -0.25) is 4.98 Å². The van der Waals surface area contributed by atoms with E-state index in [-0.39, 0.29) is 0 Å². The first kappa shape index (κ1) is 11.5. The van der Waals surface area contributed by atoms with E-state index >= 15 is 0 Å². The first-order chi connectivity index (χ1) is 8.83. The number of ether oxygens (including phenoxy) is 1. The average Bonchev–Trinajstić information content (AvgIpc) is 3.16. The van der Waals surface area contributed by atoms with Gasteiger partial charge in [0.15, 0.2) is 0 Å². The van der Waals surface area contributed by atoms with E-state index in [4.69, 9.17) is 4.74 Å². The highest BCUT2D eigenvalue weighted by Crippen LogP contribution is 2.48. The Kier molecular flexibility index (Phi) is 3.18.